The van der Waals surface area contributed by atoms with Gasteiger partial charge in [0.05, 0.1) is 19.1 Å². The number of methoxy groups -OCH3 is 1. The van der Waals surface area contributed by atoms with Crippen LogP contribution in [0.15, 0.2) is 30.6 Å². The molecule has 130 valence electrons. The fourth-order valence-corrected chi connectivity index (χ4v) is 3.48. The number of benzene rings is 1. The van der Waals surface area contributed by atoms with Crippen LogP contribution < -0.4 is 10.1 Å². The molecular formula is C17H18IN5O2. The third kappa shape index (κ3) is 3.28. The van der Waals surface area contributed by atoms with E-state index in [1.165, 1.54) is 0 Å². The predicted octanol–water partition coefficient (Wildman–Crippen LogP) is 3.88. The van der Waals surface area contributed by atoms with Gasteiger partial charge in [0.2, 0.25) is 0 Å². The molecule has 1 saturated heterocycles. The predicted molar refractivity (Wildman–Crippen MR) is 103 cm³/mol. The SMILES string of the molecule is COc1ccccc1Nc1nc(I)nc2c1ncn2C1CCCCO1. The van der Waals surface area contributed by atoms with Crippen molar-refractivity contribution in [2.45, 2.75) is 25.5 Å². The van der Waals surface area contributed by atoms with Crippen LogP contribution in [0.1, 0.15) is 25.5 Å². The van der Waals surface area contributed by atoms with Crippen LogP contribution in [0.25, 0.3) is 11.2 Å². The molecule has 1 unspecified atom stereocenters. The molecule has 0 saturated carbocycles. The highest BCUT2D eigenvalue weighted by Gasteiger charge is 2.21. The van der Waals surface area contributed by atoms with Crippen LogP contribution in [0.4, 0.5) is 11.5 Å². The van der Waals surface area contributed by atoms with Gasteiger partial charge < -0.3 is 14.8 Å². The van der Waals surface area contributed by atoms with Gasteiger partial charge in [0, 0.05) is 29.2 Å². The summed E-state index contributed by atoms with van der Waals surface area (Å²) in [4.78, 5) is 13.6. The molecule has 4 rings (SSSR count). The zero-order valence-corrected chi connectivity index (χ0v) is 15.9. The first-order valence-electron chi connectivity index (χ1n) is 8.18. The molecule has 1 atom stereocenters. The third-order valence-electron chi connectivity index (χ3n) is 4.22. The Bertz CT molecular complexity index is 892. The van der Waals surface area contributed by atoms with E-state index in [4.69, 9.17) is 9.47 Å². The molecule has 0 spiro atoms. The van der Waals surface area contributed by atoms with Crippen molar-refractivity contribution < 1.29 is 9.47 Å². The van der Waals surface area contributed by atoms with Crippen molar-refractivity contribution in [1.82, 2.24) is 19.5 Å². The molecule has 3 aromatic rings. The van der Waals surface area contributed by atoms with Gasteiger partial charge in [0.15, 0.2) is 20.8 Å². The van der Waals surface area contributed by atoms with Gasteiger partial charge in [-0.05, 0) is 31.4 Å². The van der Waals surface area contributed by atoms with Gasteiger partial charge in [-0.3, -0.25) is 4.57 Å². The average molecular weight is 451 g/mol. The summed E-state index contributed by atoms with van der Waals surface area (Å²) in [5.74, 6) is 1.41. The molecule has 0 aliphatic carbocycles. The van der Waals surface area contributed by atoms with Gasteiger partial charge in [0.1, 0.15) is 12.0 Å². The molecule has 0 radical (unpaired) electrons. The van der Waals surface area contributed by atoms with Crippen LogP contribution in [-0.4, -0.2) is 33.2 Å². The molecule has 1 aliphatic heterocycles. The van der Waals surface area contributed by atoms with Crippen molar-refractivity contribution in [3.63, 3.8) is 0 Å². The van der Waals surface area contributed by atoms with E-state index in [1.807, 2.05) is 28.8 Å². The molecule has 1 aliphatic rings. The molecule has 7 nitrogen and oxygen atoms in total. The molecule has 0 bridgehead atoms. The minimum atomic E-state index is -0.0106. The van der Waals surface area contributed by atoms with Crippen molar-refractivity contribution in [2.24, 2.45) is 0 Å². The average Bonchev–Trinajstić information content (AvgIpc) is 3.07. The molecule has 1 fully saturated rings. The standard InChI is InChI=1S/C17H18IN5O2/c1-24-12-7-3-2-6-11(12)20-15-14-16(22-17(18)21-15)23(10-19-14)13-8-4-5-9-25-13/h2-3,6-7,10,13H,4-5,8-9H2,1H3,(H,20,21,22). The maximum absolute atomic E-state index is 5.88. The zero-order chi connectivity index (χ0) is 17.2. The Morgan fingerprint density at radius 3 is 2.96 bits per heavy atom. The summed E-state index contributed by atoms with van der Waals surface area (Å²) in [6, 6.07) is 7.72. The molecule has 8 heteroatoms. The minimum Gasteiger partial charge on any atom is -0.495 e. The van der Waals surface area contributed by atoms with E-state index in [2.05, 4.69) is 42.9 Å². The van der Waals surface area contributed by atoms with E-state index in [0.29, 0.717) is 9.65 Å². The Morgan fingerprint density at radius 2 is 2.16 bits per heavy atom. The second-order valence-electron chi connectivity index (χ2n) is 5.81. The van der Waals surface area contributed by atoms with Crippen molar-refractivity contribution in [1.29, 1.82) is 0 Å². The first-order chi connectivity index (χ1) is 12.3. The number of anilines is 2. The van der Waals surface area contributed by atoms with Crippen LogP contribution in [-0.2, 0) is 4.74 Å². The van der Waals surface area contributed by atoms with Crippen LogP contribution in [0, 0.1) is 3.83 Å². The number of hydrogen-bond acceptors (Lipinski definition) is 6. The van der Waals surface area contributed by atoms with Gasteiger partial charge in [-0.2, -0.15) is 0 Å². The minimum absolute atomic E-state index is 0.0106. The van der Waals surface area contributed by atoms with Crippen LogP contribution in [0.3, 0.4) is 0 Å². The van der Waals surface area contributed by atoms with Crippen LogP contribution >= 0.6 is 22.6 Å². The lowest BCUT2D eigenvalue weighted by atomic mass is 10.2. The lowest BCUT2D eigenvalue weighted by Crippen LogP contribution is -2.18. The molecule has 1 N–H and O–H groups in total. The molecular weight excluding hydrogens is 433 g/mol. The number of halogens is 1. The van der Waals surface area contributed by atoms with E-state index in [0.717, 1.165) is 48.5 Å². The van der Waals surface area contributed by atoms with Crippen molar-refractivity contribution in [3.05, 3.63) is 34.4 Å². The summed E-state index contributed by atoms with van der Waals surface area (Å²) in [6.45, 7) is 0.777. The van der Waals surface area contributed by atoms with Gasteiger partial charge in [-0.25, -0.2) is 15.0 Å². The maximum Gasteiger partial charge on any atom is 0.194 e. The number of ether oxygens (including phenoxy) is 2. The zero-order valence-electron chi connectivity index (χ0n) is 13.8. The largest absolute Gasteiger partial charge is 0.495 e. The van der Waals surface area contributed by atoms with E-state index in [-0.39, 0.29) is 6.23 Å². The fraction of sp³-hybridized carbons (Fsp3) is 0.353. The van der Waals surface area contributed by atoms with Gasteiger partial charge in [0.25, 0.3) is 0 Å². The second kappa shape index (κ2) is 7.12. The van der Waals surface area contributed by atoms with Gasteiger partial charge in [-0.1, -0.05) is 12.1 Å². The van der Waals surface area contributed by atoms with Crippen LogP contribution in [0.2, 0.25) is 0 Å². The van der Waals surface area contributed by atoms with E-state index in [9.17, 15) is 0 Å². The lowest BCUT2D eigenvalue weighted by molar-refractivity contribution is -0.0298. The number of nitrogens with zero attached hydrogens (tertiary/aromatic N) is 4. The second-order valence-corrected chi connectivity index (χ2v) is 6.78. The highest BCUT2D eigenvalue weighted by Crippen LogP contribution is 2.31. The number of rotatable bonds is 4. The first kappa shape index (κ1) is 16.5. The summed E-state index contributed by atoms with van der Waals surface area (Å²) in [6.07, 6.45) is 5.01. The monoisotopic (exact) mass is 451 g/mol. The van der Waals surface area contributed by atoms with Crippen LogP contribution in [0.5, 0.6) is 5.75 Å². The van der Waals surface area contributed by atoms with E-state index in [1.54, 1.807) is 13.4 Å². The molecule has 0 amide bonds. The number of nitrogens with one attached hydrogen (secondary N) is 1. The number of aromatic nitrogens is 4. The summed E-state index contributed by atoms with van der Waals surface area (Å²) < 4.78 is 14.0. The molecule has 1 aromatic carbocycles. The number of para-hydroxylation sites is 2. The van der Waals surface area contributed by atoms with E-state index >= 15 is 0 Å². The highest BCUT2D eigenvalue weighted by molar-refractivity contribution is 14.1. The summed E-state index contributed by atoms with van der Waals surface area (Å²) in [5, 5.41) is 3.33. The Labute approximate surface area is 158 Å². The number of hydrogen-bond donors (Lipinski definition) is 1. The quantitative estimate of drug-likeness (QED) is 0.480. The molecule has 25 heavy (non-hydrogen) atoms. The van der Waals surface area contributed by atoms with E-state index < -0.39 is 0 Å². The van der Waals surface area contributed by atoms with Crippen molar-refractivity contribution in [2.75, 3.05) is 19.0 Å². The Balaban J connectivity index is 1.75. The highest BCUT2D eigenvalue weighted by atomic mass is 127. The topological polar surface area (TPSA) is 74.1 Å². The van der Waals surface area contributed by atoms with Crippen molar-refractivity contribution in [3.8, 4) is 5.75 Å². The number of fused-ring (bicyclic) bond motifs is 1. The maximum atomic E-state index is 5.88. The first-order valence-corrected chi connectivity index (χ1v) is 9.26. The number of imidazole rings is 1. The molecule has 3 heterocycles. The summed E-state index contributed by atoms with van der Waals surface area (Å²) in [5.41, 5.74) is 2.34. The Hall–Kier alpha value is -1.94. The third-order valence-corrected chi connectivity index (χ3v) is 4.70. The Kier molecular flexibility index (Phi) is 4.71. The Morgan fingerprint density at radius 1 is 1.28 bits per heavy atom. The fourth-order valence-electron chi connectivity index (χ4n) is 3.01. The molecule has 2 aromatic heterocycles. The lowest BCUT2D eigenvalue weighted by Gasteiger charge is -2.23. The summed E-state index contributed by atoms with van der Waals surface area (Å²) in [7, 11) is 1.65. The smallest absolute Gasteiger partial charge is 0.194 e. The summed E-state index contributed by atoms with van der Waals surface area (Å²) >= 11 is 2.12. The van der Waals surface area contributed by atoms with Gasteiger partial charge in [-0.15, -0.1) is 0 Å². The van der Waals surface area contributed by atoms with Crippen molar-refractivity contribution >= 4 is 45.3 Å². The van der Waals surface area contributed by atoms with Gasteiger partial charge >= 0.3 is 0 Å². The normalized spacial score (nSPS) is 17.6.